The van der Waals surface area contributed by atoms with E-state index in [4.69, 9.17) is 0 Å². The van der Waals surface area contributed by atoms with Crippen LogP contribution in [-0.2, 0) is 6.42 Å². The maximum atomic E-state index is 12.3. The fraction of sp³-hybridized carbons (Fsp3) is 0.0606. The van der Waals surface area contributed by atoms with Crippen molar-refractivity contribution in [1.82, 2.24) is 15.0 Å². The van der Waals surface area contributed by atoms with Crippen molar-refractivity contribution in [3.05, 3.63) is 127 Å². The highest BCUT2D eigenvalue weighted by molar-refractivity contribution is 6.05. The van der Waals surface area contributed by atoms with Gasteiger partial charge in [-0.1, -0.05) is 91.0 Å². The largest absolute Gasteiger partial charge is 0.368 e. The number of nitrogens with zero attached hydrogens (tertiary/aromatic N) is 2. The minimum absolute atomic E-state index is 0.274. The van der Waals surface area contributed by atoms with Gasteiger partial charge in [0.25, 0.3) is 0 Å². The van der Waals surface area contributed by atoms with Crippen molar-refractivity contribution in [3.8, 4) is 22.4 Å². The van der Waals surface area contributed by atoms with Gasteiger partial charge in [0, 0.05) is 23.5 Å². The third-order valence-electron chi connectivity index (χ3n) is 6.66. The maximum Gasteiger partial charge on any atom is 0.323 e. The molecular formula is C33H28N6O. The molecule has 6 aromatic rings. The van der Waals surface area contributed by atoms with Crippen molar-refractivity contribution >= 4 is 34.3 Å². The fourth-order valence-corrected chi connectivity index (χ4v) is 4.74. The second kappa shape index (κ2) is 11.5. The van der Waals surface area contributed by atoms with Crippen molar-refractivity contribution in [3.63, 3.8) is 0 Å². The number of aromatic amines is 1. The number of nitrogens with one attached hydrogen (secondary N) is 4. The van der Waals surface area contributed by atoms with Crippen LogP contribution in [0.15, 0.2) is 122 Å². The molecule has 0 aliphatic heterocycles. The Balaban J connectivity index is 1.16. The number of para-hydroxylation sites is 1. The van der Waals surface area contributed by atoms with Crippen molar-refractivity contribution in [2.24, 2.45) is 0 Å². The lowest BCUT2D eigenvalue weighted by Crippen LogP contribution is -2.19. The summed E-state index contributed by atoms with van der Waals surface area (Å²) >= 11 is 0. The van der Waals surface area contributed by atoms with E-state index in [0.29, 0.717) is 6.54 Å². The maximum absolute atomic E-state index is 12.3. The summed E-state index contributed by atoms with van der Waals surface area (Å²) in [6.07, 6.45) is 2.40. The Kier molecular flexibility index (Phi) is 7.17. The molecule has 6 rings (SSSR count). The molecule has 0 aliphatic rings. The molecule has 7 nitrogen and oxygen atoms in total. The van der Waals surface area contributed by atoms with Crippen molar-refractivity contribution in [2.45, 2.75) is 6.42 Å². The van der Waals surface area contributed by atoms with Crippen LogP contribution in [0.1, 0.15) is 5.56 Å². The summed E-state index contributed by atoms with van der Waals surface area (Å²) in [4.78, 5) is 25.1. The Bertz CT molecular complexity index is 1720. The highest BCUT2D eigenvalue weighted by atomic mass is 16.2. The molecule has 2 aromatic heterocycles. The minimum Gasteiger partial charge on any atom is -0.368 e. The number of benzene rings is 4. The second-order valence-corrected chi connectivity index (χ2v) is 9.37. The third kappa shape index (κ3) is 5.54. The Morgan fingerprint density at radius 1 is 0.675 bits per heavy atom. The van der Waals surface area contributed by atoms with E-state index in [9.17, 15) is 4.79 Å². The molecule has 0 spiro atoms. The molecule has 2 heterocycles. The first kappa shape index (κ1) is 24.9. The molecule has 0 fully saturated rings. The van der Waals surface area contributed by atoms with E-state index >= 15 is 0 Å². The summed E-state index contributed by atoms with van der Waals surface area (Å²) in [7, 11) is 0. The van der Waals surface area contributed by atoms with Crippen LogP contribution in [0.5, 0.6) is 0 Å². The number of fused-ring (bicyclic) bond motifs is 1. The van der Waals surface area contributed by atoms with Gasteiger partial charge < -0.3 is 20.9 Å². The van der Waals surface area contributed by atoms with Gasteiger partial charge in [0.05, 0.1) is 5.69 Å². The highest BCUT2D eigenvalue weighted by Crippen LogP contribution is 2.38. The SMILES string of the molecule is O=C(Nc1ccccc1)Nc1ccc(CCNc2ncnc3c(-c4ccccc4)c(-c4ccccc4)[nH]c23)cc1. The predicted octanol–water partition coefficient (Wildman–Crippen LogP) is 7.59. The lowest BCUT2D eigenvalue weighted by atomic mass is 10.0. The first-order valence-electron chi connectivity index (χ1n) is 13.2. The van der Waals surface area contributed by atoms with E-state index in [-0.39, 0.29) is 6.03 Å². The molecule has 7 heteroatoms. The highest BCUT2D eigenvalue weighted by Gasteiger charge is 2.18. The van der Waals surface area contributed by atoms with E-state index in [2.05, 4.69) is 55.2 Å². The first-order valence-corrected chi connectivity index (χ1v) is 13.2. The zero-order valence-corrected chi connectivity index (χ0v) is 21.8. The summed E-state index contributed by atoms with van der Waals surface area (Å²) in [5.41, 5.74) is 8.66. The number of amides is 2. The molecule has 0 atom stereocenters. The summed E-state index contributed by atoms with van der Waals surface area (Å²) in [6, 6.07) is 37.5. The average molecular weight is 525 g/mol. The summed E-state index contributed by atoms with van der Waals surface area (Å²) in [6.45, 7) is 0.688. The van der Waals surface area contributed by atoms with Gasteiger partial charge in [-0.2, -0.15) is 0 Å². The van der Waals surface area contributed by atoms with Crippen LogP contribution in [0.2, 0.25) is 0 Å². The van der Waals surface area contributed by atoms with E-state index in [0.717, 1.165) is 62.6 Å². The number of aromatic nitrogens is 3. The van der Waals surface area contributed by atoms with E-state index in [1.807, 2.05) is 91.0 Å². The quantitative estimate of drug-likeness (QED) is 0.165. The molecule has 4 aromatic carbocycles. The molecule has 40 heavy (non-hydrogen) atoms. The summed E-state index contributed by atoms with van der Waals surface area (Å²) < 4.78 is 0. The minimum atomic E-state index is -0.274. The van der Waals surface area contributed by atoms with Gasteiger partial charge in [0.2, 0.25) is 0 Å². The van der Waals surface area contributed by atoms with Gasteiger partial charge in [-0.15, -0.1) is 0 Å². The predicted molar refractivity (Wildman–Crippen MR) is 162 cm³/mol. The second-order valence-electron chi connectivity index (χ2n) is 9.37. The van der Waals surface area contributed by atoms with Crippen LogP contribution >= 0.6 is 0 Å². The van der Waals surface area contributed by atoms with Gasteiger partial charge in [-0.3, -0.25) is 0 Å². The number of hydrogen-bond donors (Lipinski definition) is 4. The lowest BCUT2D eigenvalue weighted by molar-refractivity contribution is 0.262. The number of H-pyrrole nitrogens is 1. The molecule has 0 bridgehead atoms. The zero-order valence-electron chi connectivity index (χ0n) is 21.8. The summed E-state index contributed by atoms with van der Waals surface area (Å²) in [5, 5.41) is 9.18. The molecule has 2 amide bonds. The van der Waals surface area contributed by atoms with Crippen LogP contribution < -0.4 is 16.0 Å². The van der Waals surface area contributed by atoms with Gasteiger partial charge in [0.1, 0.15) is 17.4 Å². The first-order chi connectivity index (χ1) is 19.7. The number of carbonyl (C=O) groups is 1. The molecule has 0 unspecified atom stereocenters. The molecular weight excluding hydrogens is 496 g/mol. The number of rotatable bonds is 8. The average Bonchev–Trinajstić information content (AvgIpc) is 3.40. The van der Waals surface area contributed by atoms with Gasteiger partial charge >= 0.3 is 6.03 Å². The topological polar surface area (TPSA) is 94.7 Å². The molecule has 4 N–H and O–H groups in total. The molecule has 0 radical (unpaired) electrons. The number of anilines is 3. The Morgan fingerprint density at radius 2 is 1.27 bits per heavy atom. The monoisotopic (exact) mass is 524 g/mol. The van der Waals surface area contributed by atoms with Crippen molar-refractivity contribution < 1.29 is 4.79 Å². The lowest BCUT2D eigenvalue weighted by Gasteiger charge is -2.09. The standard InChI is InChI=1S/C33H28N6O/c40-33(37-26-14-8-3-9-15-26)38-27-18-16-23(17-19-27)20-21-34-32-31-30(35-22-36-32)28(24-10-4-1-5-11-24)29(39-31)25-12-6-2-7-13-25/h1-19,22,39H,20-21H2,(H,34,35,36)(H2,37,38,40). The van der Waals surface area contributed by atoms with E-state index < -0.39 is 0 Å². The van der Waals surface area contributed by atoms with E-state index in [1.165, 1.54) is 0 Å². The number of carbonyl (C=O) groups excluding carboxylic acids is 1. The third-order valence-corrected chi connectivity index (χ3v) is 6.66. The van der Waals surface area contributed by atoms with E-state index in [1.54, 1.807) is 6.33 Å². The van der Waals surface area contributed by atoms with Crippen molar-refractivity contribution in [2.75, 3.05) is 22.5 Å². The zero-order chi connectivity index (χ0) is 27.1. The Hall–Kier alpha value is -5.43. The Morgan fingerprint density at radius 3 is 1.95 bits per heavy atom. The van der Waals surface area contributed by atoms with Gasteiger partial charge in [-0.05, 0) is 47.4 Å². The molecule has 0 aliphatic carbocycles. The summed E-state index contributed by atoms with van der Waals surface area (Å²) in [5.74, 6) is 0.764. The number of hydrogen-bond acceptors (Lipinski definition) is 4. The fourth-order valence-electron chi connectivity index (χ4n) is 4.74. The van der Waals surface area contributed by atoms with Crippen molar-refractivity contribution in [1.29, 1.82) is 0 Å². The smallest absolute Gasteiger partial charge is 0.323 e. The molecule has 196 valence electrons. The molecule has 0 saturated heterocycles. The number of urea groups is 1. The normalized spacial score (nSPS) is 10.8. The van der Waals surface area contributed by atoms with Crippen LogP contribution in [0.4, 0.5) is 22.0 Å². The van der Waals surface area contributed by atoms with Crippen LogP contribution in [0.3, 0.4) is 0 Å². The van der Waals surface area contributed by atoms with Crippen LogP contribution in [-0.4, -0.2) is 27.5 Å². The van der Waals surface area contributed by atoms with Crippen LogP contribution in [0, 0.1) is 0 Å². The van der Waals surface area contributed by atoms with Crippen LogP contribution in [0.25, 0.3) is 33.4 Å². The Labute approximate surface area is 232 Å². The van der Waals surface area contributed by atoms with Gasteiger partial charge in [0.15, 0.2) is 5.82 Å². The molecule has 0 saturated carbocycles. The van der Waals surface area contributed by atoms with Gasteiger partial charge in [-0.25, -0.2) is 14.8 Å².